The summed E-state index contributed by atoms with van der Waals surface area (Å²) in [5.41, 5.74) is 5.23. The minimum Gasteiger partial charge on any atom is -0.340 e. The van der Waals surface area contributed by atoms with Crippen molar-refractivity contribution in [1.29, 1.82) is 0 Å². The van der Waals surface area contributed by atoms with Crippen molar-refractivity contribution in [2.75, 3.05) is 6.26 Å². The van der Waals surface area contributed by atoms with Gasteiger partial charge in [0, 0.05) is 48.1 Å². The number of pyridine rings is 1. The monoisotopic (exact) mass is 410 g/mol. The summed E-state index contributed by atoms with van der Waals surface area (Å²) in [6, 6.07) is 7.57. The molecule has 6 heteroatoms. The summed E-state index contributed by atoms with van der Waals surface area (Å²) in [7, 11) is -1.52. The molecule has 0 radical (unpaired) electrons. The van der Waals surface area contributed by atoms with E-state index in [1.54, 1.807) is 10.6 Å². The van der Waals surface area contributed by atoms with E-state index in [1.165, 1.54) is 19.1 Å². The van der Waals surface area contributed by atoms with E-state index in [-0.39, 0.29) is 5.56 Å². The van der Waals surface area contributed by atoms with E-state index >= 15 is 0 Å². The van der Waals surface area contributed by atoms with Crippen molar-refractivity contribution in [2.24, 2.45) is 13.0 Å². The predicted octanol–water partition coefficient (Wildman–Crippen LogP) is 3.70. The highest BCUT2D eigenvalue weighted by Crippen LogP contribution is 2.38. The van der Waals surface area contributed by atoms with E-state index in [2.05, 4.69) is 4.57 Å². The van der Waals surface area contributed by atoms with E-state index in [1.807, 2.05) is 31.4 Å². The van der Waals surface area contributed by atoms with Crippen LogP contribution in [0.4, 0.5) is 0 Å². The van der Waals surface area contributed by atoms with Gasteiger partial charge in [-0.25, -0.2) is 8.42 Å². The summed E-state index contributed by atoms with van der Waals surface area (Å²) in [5, 5.41) is 0.779. The van der Waals surface area contributed by atoms with Gasteiger partial charge in [0.25, 0.3) is 5.56 Å². The van der Waals surface area contributed by atoms with E-state index in [0.29, 0.717) is 4.90 Å². The minimum absolute atomic E-state index is 0.0960. The second kappa shape index (κ2) is 6.59. The molecule has 0 bridgehead atoms. The highest BCUT2D eigenvalue weighted by molar-refractivity contribution is 7.91. The van der Waals surface area contributed by atoms with E-state index < -0.39 is 9.84 Å². The summed E-state index contributed by atoms with van der Waals surface area (Å²) in [5.74, 6) is 0.782. The lowest BCUT2D eigenvalue weighted by molar-refractivity contribution is 0.602. The lowest BCUT2D eigenvalue weighted by atomic mass is 10.0. The number of benzene rings is 1. The third-order valence-electron chi connectivity index (χ3n) is 6.48. The molecule has 5 rings (SSSR count). The first-order valence-electron chi connectivity index (χ1n) is 10.4. The number of hydrogen-bond donors (Lipinski definition) is 0. The van der Waals surface area contributed by atoms with Gasteiger partial charge in [0.05, 0.1) is 10.6 Å². The average molecular weight is 411 g/mol. The maximum absolute atomic E-state index is 12.6. The van der Waals surface area contributed by atoms with E-state index in [9.17, 15) is 13.2 Å². The Morgan fingerprint density at radius 2 is 1.90 bits per heavy atom. The fourth-order valence-electron chi connectivity index (χ4n) is 4.80. The highest BCUT2D eigenvalue weighted by atomic mass is 32.2. The zero-order valence-corrected chi connectivity index (χ0v) is 17.8. The van der Waals surface area contributed by atoms with Crippen molar-refractivity contribution in [3.05, 3.63) is 51.9 Å². The smallest absolute Gasteiger partial charge is 0.253 e. The largest absolute Gasteiger partial charge is 0.340 e. The fourth-order valence-corrected chi connectivity index (χ4v) is 5.69. The van der Waals surface area contributed by atoms with Crippen LogP contribution < -0.4 is 5.56 Å². The van der Waals surface area contributed by atoms with Crippen molar-refractivity contribution in [1.82, 2.24) is 9.13 Å². The SMILES string of the molecule is Cn1cc(-c2cc3c(S(C)(=O)=O)cccc3n2CCC2CC2)c2c(c1=O)CCC2. The lowest BCUT2D eigenvalue weighted by Gasteiger charge is -2.15. The number of fused-ring (bicyclic) bond motifs is 2. The molecule has 0 saturated heterocycles. The second-order valence-corrected chi connectivity index (χ2v) is 10.6. The van der Waals surface area contributed by atoms with Crippen LogP contribution in [-0.2, 0) is 36.3 Å². The highest BCUT2D eigenvalue weighted by Gasteiger charge is 2.26. The Balaban J connectivity index is 1.79. The summed E-state index contributed by atoms with van der Waals surface area (Å²) in [4.78, 5) is 13.0. The Morgan fingerprint density at radius 3 is 2.62 bits per heavy atom. The Bertz CT molecular complexity index is 1290. The molecular formula is C23H26N2O3S. The molecule has 3 aromatic rings. The quantitative estimate of drug-likeness (QED) is 0.644. The molecule has 0 amide bonds. The summed E-state index contributed by atoms with van der Waals surface area (Å²) >= 11 is 0. The zero-order chi connectivity index (χ0) is 20.3. The molecule has 1 aromatic carbocycles. The molecule has 1 fully saturated rings. The van der Waals surface area contributed by atoms with Gasteiger partial charge < -0.3 is 9.13 Å². The maximum atomic E-state index is 12.6. The van der Waals surface area contributed by atoms with Gasteiger partial charge >= 0.3 is 0 Å². The van der Waals surface area contributed by atoms with Crippen LogP contribution >= 0.6 is 0 Å². The molecule has 2 aliphatic carbocycles. The van der Waals surface area contributed by atoms with Gasteiger partial charge in [-0.2, -0.15) is 0 Å². The van der Waals surface area contributed by atoms with Crippen LogP contribution in [0.3, 0.4) is 0 Å². The van der Waals surface area contributed by atoms with E-state index in [4.69, 9.17) is 0 Å². The molecule has 0 N–H and O–H groups in total. The molecule has 0 aliphatic heterocycles. The van der Waals surface area contributed by atoms with Gasteiger partial charge in [-0.05, 0) is 55.4 Å². The predicted molar refractivity (Wildman–Crippen MR) is 115 cm³/mol. The van der Waals surface area contributed by atoms with Crippen molar-refractivity contribution < 1.29 is 8.42 Å². The number of nitrogens with zero attached hydrogens (tertiary/aromatic N) is 2. The van der Waals surface area contributed by atoms with Gasteiger partial charge in [-0.1, -0.05) is 18.9 Å². The van der Waals surface area contributed by atoms with Crippen LogP contribution in [0.5, 0.6) is 0 Å². The van der Waals surface area contributed by atoms with Crippen LogP contribution in [0.1, 0.15) is 36.8 Å². The number of aromatic nitrogens is 2. The molecule has 2 heterocycles. The molecule has 0 unspecified atom stereocenters. The Morgan fingerprint density at radius 1 is 1.14 bits per heavy atom. The Hall–Kier alpha value is -2.34. The lowest BCUT2D eigenvalue weighted by Crippen LogP contribution is -2.21. The van der Waals surface area contributed by atoms with Crippen molar-refractivity contribution in [2.45, 2.75) is 50.0 Å². The minimum atomic E-state index is -3.33. The van der Waals surface area contributed by atoms with Gasteiger partial charge in [0.15, 0.2) is 9.84 Å². The van der Waals surface area contributed by atoms with Crippen LogP contribution in [0.2, 0.25) is 0 Å². The first kappa shape index (κ1) is 18.7. The topological polar surface area (TPSA) is 61.1 Å². The zero-order valence-electron chi connectivity index (χ0n) is 16.9. The van der Waals surface area contributed by atoms with Gasteiger partial charge in [0.2, 0.25) is 0 Å². The first-order valence-corrected chi connectivity index (χ1v) is 12.3. The summed E-state index contributed by atoms with van der Waals surface area (Å²) < 4.78 is 28.8. The maximum Gasteiger partial charge on any atom is 0.253 e. The van der Waals surface area contributed by atoms with Crippen molar-refractivity contribution in [3.63, 3.8) is 0 Å². The van der Waals surface area contributed by atoms with Crippen LogP contribution in [0.15, 0.2) is 40.2 Å². The molecule has 2 aliphatic rings. The first-order chi connectivity index (χ1) is 13.8. The second-order valence-electron chi connectivity index (χ2n) is 8.64. The number of sulfone groups is 1. The summed E-state index contributed by atoms with van der Waals surface area (Å²) in [6.07, 6.45) is 9.63. The van der Waals surface area contributed by atoms with Crippen LogP contribution in [-0.4, -0.2) is 23.8 Å². The molecule has 152 valence electrons. The molecule has 0 spiro atoms. The molecule has 29 heavy (non-hydrogen) atoms. The fraction of sp³-hybridized carbons (Fsp3) is 0.435. The molecular weight excluding hydrogens is 384 g/mol. The van der Waals surface area contributed by atoms with Gasteiger partial charge in [-0.3, -0.25) is 4.79 Å². The molecule has 5 nitrogen and oxygen atoms in total. The van der Waals surface area contributed by atoms with Crippen LogP contribution in [0, 0.1) is 5.92 Å². The average Bonchev–Trinajstić information content (AvgIpc) is 3.24. The van der Waals surface area contributed by atoms with Crippen molar-refractivity contribution >= 4 is 20.7 Å². The third kappa shape index (κ3) is 3.14. The third-order valence-corrected chi connectivity index (χ3v) is 7.64. The van der Waals surface area contributed by atoms with Gasteiger partial charge in [0.1, 0.15) is 0 Å². The number of aryl methyl sites for hydroxylation is 2. The molecule has 0 atom stereocenters. The Kier molecular flexibility index (Phi) is 4.24. The molecule has 2 aromatic heterocycles. The number of rotatable bonds is 5. The molecule has 1 saturated carbocycles. The number of hydrogen-bond acceptors (Lipinski definition) is 3. The van der Waals surface area contributed by atoms with Gasteiger partial charge in [-0.15, -0.1) is 0 Å². The summed E-state index contributed by atoms with van der Waals surface area (Å²) in [6.45, 7) is 0.869. The normalized spacial score (nSPS) is 16.5. The van der Waals surface area contributed by atoms with Crippen LogP contribution in [0.25, 0.3) is 22.2 Å². The Labute approximate surface area is 170 Å². The van der Waals surface area contributed by atoms with E-state index in [0.717, 1.165) is 71.4 Å². The standard InChI is InChI=1S/C23H26N2O3S/c1-24-14-19(16-5-3-6-17(16)23(24)26)21-13-18-20(25(21)12-11-15-9-10-15)7-4-8-22(18)29(2,27)28/h4,7-8,13-15H,3,5-6,9-12H2,1-2H3. The van der Waals surface area contributed by atoms with Crippen molar-refractivity contribution in [3.8, 4) is 11.3 Å².